The lowest BCUT2D eigenvalue weighted by atomic mass is 9.94. The lowest BCUT2D eigenvalue weighted by Gasteiger charge is -2.27. The third kappa shape index (κ3) is 4.09. The number of furan rings is 1. The lowest BCUT2D eigenvalue weighted by molar-refractivity contribution is -0.141. The van der Waals surface area contributed by atoms with Gasteiger partial charge in [-0.15, -0.1) is 0 Å². The number of imide groups is 1. The van der Waals surface area contributed by atoms with Gasteiger partial charge in [0.1, 0.15) is 23.2 Å². The Kier molecular flexibility index (Phi) is 5.95. The van der Waals surface area contributed by atoms with Crippen molar-refractivity contribution in [2.75, 3.05) is 0 Å². The Hall–Kier alpha value is -3.66. The highest BCUT2D eigenvalue weighted by molar-refractivity contribution is 6.42. The smallest absolute Gasteiger partial charge is 0.271 e. The monoisotopic (exact) mass is 463 g/mol. The number of hydrogen-bond acceptors (Lipinski definition) is 5. The second-order valence-electron chi connectivity index (χ2n) is 7.06. The number of hydrogen-bond donors (Lipinski definition) is 0. The molecule has 3 aromatic rings. The van der Waals surface area contributed by atoms with Crippen LogP contribution >= 0.6 is 23.2 Å². The van der Waals surface area contributed by atoms with E-state index in [1.807, 2.05) is 6.07 Å². The fraction of sp³-hybridized carbons (Fsp3) is 0.0833. The number of nitriles is 1. The van der Waals surface area contributed by atoms with Crippen LogP contribution in [0.4, 0.5) is 0 Å². The Morgan fingerprint density at radius 2 is 1.94 bits per heavy atom. The molecule has 158 valence electrons. The average molecular weight is 464 g/mol. The molecule has 1 aromatic carbocycles. The van der Waals surface area contributed by atoms with Crippen LogP contribution in [0.5, 0.6) is 0 Å². The van der Waals surface area contributed by atoms with Crippen molar-refractivity contribution < 1.29 is 14.0 Å². The maximum absolute atomic E-state index is 13.2. The van der Waals surface area contributed by atoms with Gasteiger partial charge in [-0.05, 0) is 60.5 Å². The summed E-state index contributed by atoms with van der Waals surface area (Å²) < 4.78 is 5.86. The van der Waals surface area contributed by atoms with Crippen LogP contribution in [0.2, 0.25) is 10.0 Å². The predicted octanol–water partition coefficient (Wildman–Crippen LogP) is 5.44. The van der Waals surface area contributed by atoms with E-state index in [1.54, 1.807) is 61.8 Å². The number of pyridine rings is 1. The molecule has 8 heteroatoms. The van der Waals surface area contributed by atoms with E-state index in [-0.39, 0.29) is 17.7 Å². The van der Waals surface area contributed by atoms with Crippen molar-refractivity contribution in [2.24, 2.45) is 0 Å². The molecule has 2 amide bonds. The average Bonchev–Trinajstić information content (AvgIpc) is 3.26. The zero-order valence-corrected chi connectivity index (χ0v) is 18.3. The molecular weight excluding hydrogens is 449 g/mol. The summed E-state index contributed by atoms with van der Waals surface area (Å²) in [6, 6.07) is 13.9. The molecule has 0 spiro atoms. The van der Waals surface area contributed by atoms with Gasteiger partial charge in [-0.3, -0.25) is 19.5 Å². The Bertz CT molecular complexity index is 1330. The molecule has 0 aliphatic carbocycles. The molecule has 2 aromatic heterocycles. The number of rotatable bonds is 4. The van der Waals surface area contributed by atoms with Gasteiger partial charge in [0.15, 0.2) is 0 Å². The fourth-order valence-corrected chi connectivity index (χ4v) is 3.62. The van der Waals surface area contributed by atoms with Gasteiger partial charge < -0.3 is 4.42 Å². The number of nitrogens with zero attached hydrogens (tertiary/aromatic N) is 3. The summed E-state index contributed by atoms with van der Waals surface area (Å²) in [5, 5.41) is 10.4. The molecule has 3 heterocycles. The van der Waals surface area contributed by atoms with Gasteiger partial charge in [-0.2, -0.15) is 5.26 Å². The molecule has 1 aliphatic heterocycles. The van der Waals surface area contributed by atoms with Crippen LogP contribution in [0.3, 0.4) is 0 Å². The molecule has 0 saturated carbocycles. The van der Waals surface area contributed by atoms with E-state index in [9.17, 15) is 14.9 Å². The van der Waals surface area contributed by atoms with Gasteiger partial charge in [0.05, 0.1) is 16.6 Å². The minimum Gasteiger partial charge on any atom is -0.457 e. The van der Waals surface area contributed by atoms with Crippen molar-refractivity contribution >= 4 is 41.1 Å². The third-order valence-corrected chi connectivity index (χ3v) is 5.75. The number of carbonyl (C=O) groups is 2. The van der Waals surface area contributed by atoms with Crippen molar-refractivity contribution in [1.29, 1.82) is 5.26 Å². The van der Waals surface area contributed by atoms with Crippen molar-refractivity contribution in [1.82, 2.24) is 9.88 Å². The number of benzene rings is 1. The highest BCUT2D eigenvalue weighted by atomic mass is 35.5. The Balaban J connectivity index is 1.71. The summed E-state index contributed by atoms with van der Waals surface area (Å²) in [6.07, 6.45) is 4.69. The van der Waals surface area contributed by atoms with Crippen LogP contribution < -0.4 is 0 Å². The van der Waals surface area contributed by atoms with Crippen molar-refractivity contribution in [3.05, 3.63) is 92.9 Å². The molecule has 0 bridgehead atoms. The zero-order valence-electron chi connectivity index (χ0n) is 16.8. The Labute approximate surface area is 194 Å². The van der Waals surface area contributed by atoms with Gasteiger partial charge >= 0.3 is 0 Å². The first-order valence-corrected chi connectivity index (χ1v) is 10.3. The van der Waals surface area contributed by atoms with Crippen LogP contribution in [0.1, 0.15) is 18.2 Å². The maximum Gasteiger partial charge on any atom is 0.271 e. The van der Waals surface area contributed by atoms with Gasteiger partial charge in [0.2, 0.25) is 0 Å². The van der Waals surface area contributed by atoms with E-state index < -0.39 is 11.8 Å². The van der Waals surface area contributed by atoms with Crippen LogP contribution in [0.15, 0.2) is 76.0 Å². The van der Waals surface area contributed by atoms with Crippen LogP contribution in [0.25, 0.3) is 17.4 Å². The maximum atomic E-state index is 13.2. The minimum absolute atomic E-state index is 0.00792. The van der Waals surface area contributed by atoms with Crippen LogP contribution in [-0.2, 0) is 16.1 Å². The van der Waals surface area contributed by atoms with Gasteiger partial charge in [-0.1, -0.05) is 29.3 Å². The standard InChI is InChI=1S/C24H15Cl2N3O3/c1-14-18(10-17-5-7-22(32-17)16-4-6-20(25)21(26)9-16)23(30)29(24(31)19(14)11-27)13-15-3-2-8-28-12-15/h2-10,12H,13H2,1H3/b18-10+. The van der Waals surface area contributed by atoms with Gasteiger partial charge in [0, 0.05) is 23.5 Å². The molecular formula is C24H15Cl2N3O3. The normalized spacial score (nSPS) is 15.4. The highest BCUT2D eigenvalue weighted by Crippen LogP contribution is 2.32. The quantitative estimate of drug-likeness (QED) is 0.379. The Morgan fingerprint density at radius 1 is 1.12 bits per heavy atom. The van der Waals surface area contributed by atoms with Crippen molar-refractivity contribution in [3.63, 3.8) is 0 Å². The van der Waals surface area contributed by atoms with Gasteiger partial charge in [-0.25, -0.2) is 0 Å². The summed E-state index contributed by atoms with van der Waals surface area (Å²) in [5.74, 6) is -0.222. The zero-order chi connectivity index (χ0) is 22.8. The van der Waals surface area contributed by atoms with E-state index in [0.29, 0.717) is 32.7 Å². The Morgan fingerprint density at radius 3 is 2.62 bits per heavy atom. The second kappa shape index (κ2) is 8.83. The van der Waals surface area contributed by atoms with E-state index in [1.165, 1.54) is 6.08 Å². The first-order chi connectivity index (χ1) is 15.4. The van der Waals surface area contributed by atoms with E-state index >= 15 is 0 Å². The van der Waals surface area contributed by atoms with Crippen molar-refractivity contribution in [2.45, 2.75) is 13.5 Å². The number of amides is 2. The van der Waals surface area contributed by atoms with Crippen LogP contribution in [-0.4, -0.2) is 21.7 Å². The lowest BCUT2D eigenvalue weighted by Crippen LogP contribution is -2.42. The SMILES string of the molecule is CC1=C(C#N)C(=O)N(Cc2cccnc2)C(=O)/C1=C/c1ccc(-c2ccc(Cl)c(Cl)c2)o1. The molecule has 1 aliphatic rings. The molecule has 4 rings (SSSR count). The number of halogens is 2. The molecule has 0 atom stereocenters. The minimum atomic E-state index is -0.632. The molecule has 0 fully saturated rings. The summed E-state index contributed by atoms with van der Waals surface area (Å²) in [5.41, 5.74) is 1.82. The summed E-state index contributed by atoms with van der Waals surface area (Å²) in [7, 11) is 0. The molecule has 0 unspecified atom stereocenters. The second-order valence-corrected chi connectivity index (χ2v) is 7.87. The third-order valence-electron chi connectivity index (χ3n) is 5.01. The predicted molar refractivity (Wildman–Crippen MR) is 120 cm³/mol. The van der Waals surface area contributed by atoms with E-state index in [4.69, 9.17) is 27.6 Å². The molecule has 6 nitrogen and oxygen atoms in total. The number of carbonyl (C=O) groups excluding carboxylic acids is 2. The topological polar surface area (TPSA) is 87.2 Å². The molecule has 32 heavy (non-hydrogen) atoms. The van der Waals surface area contributed by atoms with E-state index in [2.05, 4.69) is 4.98 Å². The fourth-order valence-electron chi connectivity index (χ4n) is 3.32. The summed E-state index contributed by atoms with van der Waals surface area (Å²) in [4.78, 5) is 31.0. The number of aromatic nitrogens is 1. The first-order valence-electron chi connectivity index (χ1n) is 9.52. The largest absolute Gasteiger partial charge is 0.457 e. The van der Waals surface area contributed by atoms with Crippen molar-refractivity contribution in [3.8, 4) is 17.4 Å². The van der Waals surface area contributed by atoms with Crippen LogP contribution in [0, 0.1) is 11.3 Å². The highest BCUT2D eigenvalue weighted by Gasteiger charge is 2.35. The van der Waals surface area contributed by atoms with E-state index in [0.717, 1.165) is 10.5 Å². The molecule has 0 radical (unpaired) electrons. The summed E-state index contributed by atoms with van der Waals surface area (Å²) in [6.45, 7) is 1.58. The molecule has 0 N–H and O–H groups in total. The van der Waals surface area contributed by atoms with Gasteiger partial charge in [0.25, 0.3) is 11.8 Å². The summed E-state index contributed by atoms with van der Waals surface area (Å²) >= 11 is 12.1. The molecule has 0 saturated heterocycles. The first kappa shape index (κ1) is 21.6.